The fraction of sp³-hybridized carbons (Fsp3) is 0.286. The van der Waals surface area contributed by atoms with Crippen LogP contribution >= 0.6 is 22.9 Å². The van der Waals surface area contributed by atoms with Crippen LogP contribution in [0.2, 0.25) is 5.02 Å². The second-order valence-electron chi connectivity index (χ2n) is 7.18. The highest BCUT2D eigenvalue weighted by molar-refractivity contribution is 7.15. The van der Waals surface area contributed by atoms with Gasteiger partial charge in [0.2, 0.25) is 12.0 Å². The van der Waals surface area contributed by atoms with Crippen LogP contribution in [0, 0.1) is 6.92 Å². The quantitative estimate of drug-likeness (QED) is 0.412. The molecule has 9 nitrogen and oxygen atoms in total. The van der Waals surface area contributed by atoms with Gasteiger partial charge in [0, 0.05) is 11.1 Å². The van der Waals surface area contributed by atoms with Gasteiger partial charge in [-0.1, -0.05) is 23.7 Å². The van der Waals surface area contributed by atoms with Gasteiger partial charge in [-0.25, -0.2) is 19.6 Å². The van der Waals surface area contributed by atoms with Gasteiger partial charge in [-0.3, -0.25) is 10.1 Å². The van der Waals surface area contributed by atoms with E-state index >= 15 is 0 Å². The summed E-state index contributed by atoms with van der Waals surface area (Å²) in [6.45, 7) is 5.72. The first kappa shape index (κ1) is 22.1. The van der Waals surface area contributed by atoms with Crippen molar-refractivity contribution in [2.45, 2.75) is 33.0 Å². The average molecular weight is 473 g/mol. The molecule has 0 bridgehead atoms. The zero-order valence-electron chi connectivity index (χ0n) is 17.7. The van der Waals surface area contributed by atoms with E-state index in [1.807, 2.05) is 39.0 Å². The van der Waals surface area contributed by atoms with E-state index < -0.39 is 6.10 Å². The molecule has 0 fully saturated rings. The first-order chi connectivity index (χ1) is 15.4. The Morgan fingerprint density at radius 1 is 1.22 bits per heavy atom. The van der Waals surface area contributed by atoms with E-state index in [1.165, 1.54) is 17.7 Å². The van der Waals surface area contributed by atoms with Crippen molar-refractivity contribution in [3.63, 3.8) is 0 Å². The number of ether oxygens (including phenoxy) is 2. The van der Waals surface area contributed by atoms with Crippen molar-refractivity contribution in [1.82, 2.24) is 24.7 Å². The lowest BCUT2D eigenvalue weighted by atomic mass is 10.3. The number of hydrogen-bond donors (Lipinski definition) is 1. The average Bonchev–Trinajstić information content (AvgIpc) is 3.37. The van der Waals surface area contributed by atoms with Crippen molar-refractivity contribution in [3.8, 4) is 11.6 Å². The number of nitrogens with zero attached hydrogens (tertiary/aromatic N) is 5. The molecule has 0 saturated carbocycles. The maximum absolute atomic E-state index is 12.9. The normalized spacial score (nSPS) is 12.3. The van der Waals surface area contributed by atoms with Crippen molar-refractivity contribution in [3.05, 3.63) is 52.9 Å². The van der Waals surface area contributed by atoms with E-state index in [2.05, 4.69) is 25.4 Å². The molecule has 0 saturated heterocycles. The second kappa shape index (κ2) is 9.60. The number of fused-ring (bicyclic) bond motifs is 1. The van der Waals surface area contributed by atoms with Gasteiger partial charge in [-0.15, -0.1) is 11.3 Å². The topological polar surface area (TPSA) is 104 Å². The number of thiazole rings is 1. The number of anilines is 1. The highest BCUT2D eigenvalue weighted by Crippen LogP contribution is 2.27. The Bertz CT molecular complexity index is 1240. The van der Waals surface area contributed by atoms with E-state index in [4.69, 9.17) is 21.1 Å². The van der Waals surface area contributed by atoms with E-state index in [-0.39, 0.29) is 24.5 Å². The van der Waals surface area contributed by atoms with Gasteiger partial charge in [-0.2, -0.15) is 5.10 Å². The van der Waals surface area contributed by atoms with Crippen LogP contribution in [-0.2, 0) is 9.53 Å². The molecule has 32 heavy (non-hydrogen) atoms. The van der Waals surface area contributed by atoms with Gasteiger partial charge in [-0.05, 0) is 32.9 Å². The lowest BCUT2D eigenvalue weighted by molar-refractivity contribution is -0.126. The molecule has 0 radical (unpaired) electrons. The summed E-state index contributed by atoms with van der Waals surface area (Å²) in [6, 6.07) is 7.30. The minimum absolute atomic E-state index is 0.0397. The van der Waals surface area contributed by atoms with Gasteiger partial charge in [0.05, 0.1) is 29.6 Å². The molecule has 11 heteroatoms. The highest BCUT2D eigenvalue weighted by Gasteiger charge is 2.25. The minimum Gasteiger partial charge on any atom is -0.461 e. The molecule has 4 rings (SSSR count). The lowest BCUT2D eigenvalue weighted by Gasteiger charge is -2.19. The molecule has 1 unspecified atom stereocenters. The van der Waals surface area contributed by atoms with Gasteiger partial charge in [0.1, 0.15) is 11.7 Å². The summed E-state index contributed by atoms with van der Waals surface area (Å²) in [6.07, 6.45) is 3.59. The van der Waals surface area contributed by atoms with Gasteiger partial charge < -0.3 is 9.47 Å². The van der Waals surface area contributed by atoms with Crippen LogP contribution in [0.3, 0.4) is 0 Å². The Kier molecular flexibility index (Phi) is 6.63. The molecular weight excluding hydrogens is 452 g/mol. The predicted molar refractivity (Wildman–Crippen MR) is 123 cm³/mol. The standard InChI is InChI=1S/C21H21ClN6O3S/c1-12(2)30-10-17(19(29)27-21-23-8-13(3)32-21)31-20-14-9-26-28(18(14)24-11-25-20)16-7-5-4-6-15(16)22/h4-9,11-12,17H,10H2,1-3H3,(H,23,27,29). The number of nitrogens with one attached hydrogen (secondary N) is 1. The van der Waals surface area contributed by atoms with Crippen LogP contribution in [0.15, 0.2) is 43.0 Å². The summed E-state index contributed by atoms with van der Waals surface area (Å²) in [5.41, 5.74) is 1.17. The zero-order chi connectivity index (χ0) is 22.7. The number of hydrogen-bond acceptors (Lipinski definition) is 8. The molecule has 1 atom stereocenters. The largest absolute Gasteiger partial charge is 0.461 e. The van der Waals surface area contributed by atoms with Crippen LogP contribution in [0.25, 0.3) is 16.7 Å². The van der Waals surface area contributed by atoms with Crippen molar-refractivity contribution < 1.29 is 14.3 Å². The van der Waals surface area contributed by atoms with E-state index in [9.17, 15) is 4.79 Å². The third-order valence-electron chi connectivity index (χ3n) is 4.39. The summed E-state index contributed by atoms with van der Waals surface area (Å²) < 4.78 is 13.3. The summed E-state index contributed by atoms with van der Waals surface area (Å²) in [7, 11) is 0. The van der Waals surface area contributed by atoms with Crippen molar-refractivity contribution in [2.24, 2.45) is 0 Å². The molecule has 1 amide bonds. The number of amides is 1. The molecule has 4 aromatic rings. The molecule has 1 aromatic carbocycles. The molecular formula is C21H21ClN6O3S. The molecule has 0 spiro atoms. The molecule has 1 N–H and O–H groups in total. The Morgan fingerprint density at radius 2 is 2.03 bits per heavy atom. The van der Waals surface area contributed by atoms with Gasteiger partial charge >= 0.3 is 0 Å². The van der Waals surface area contributed by atoms with Crippen LogP contribution in [0.4, 0.5) is 5.13 Å². The molecule has 0 aliphatic carbocycles. The number of aromatic nitrogens is 5. The fourth-order valence-corrected chi connectivity index (χ4v) is 3.78. The summed E-state index contributed by atoms with van der Waals surface area (Å²) in [5, 5.41) is 8.73. The second-order valence-corrected chi connectivity index (χ2v) is 8.82. The van der Waals surface area contributed by atoms with E-state index in [0.717, 1.165) is 4.88 Å². The number of carbonyl (C=O) groups is 1. The summed E-state index contributed by atoms with van der Waals surface area (Å²) >= 11 is 7.70. The van der Waals surface area contributed by atoms with Crippen LogP contribution < -0.4 is 10.1 Å². The SMILES string of the molecule is Cc1cnc(NC(=O)C(COC(C)C)Oc2ncnc3c2cnn3-c2ccccc2Cl)s1. The molecule has 3 heterocycles. The number of rotatable bonds is 8. The number of benzene rings is 1. The Labute approximate surface area is 193 Å². The van der Waals surface area contributed by atoms with E-state index in [0.29, 0.717) is 26.9 Å². The van der Waals surface area contributed by atoms with E-state index in [1.54, 1.807) is 23.1 Å². The summed E-state index contributed by atoms with van der Waals surface area (Å²) in [4.78, 5) is 26.6. The minimum atomic E-state index is -0.955. The van der Waals surface area contributed by atoms with Crippen LogP contribution in [-0.4, -0.2) is 49.5 Å². The lowest BCUT2D eigenvalue weighted by Crippen LogP contribution is -2.38. The monoisotopic (exact) mass is 472 g/mol. The number of aryl methyl sites for hydroxylation is 1. The predicted octanol–water partition coefficient (Wildman–Crippen LogP) is 4.04. The van der Waals surface area contributed by atoms with Crippen molar-refractivity contribution in [1.29, 1.82) is 0 Å². The zero-order valence-corrected chi connectivity index (χ0v) is 19.2. The highest BCUT2D eigenvalue weighted by atomic mass is 35.5. The Hall–Kier alpha value is -3.08. The number of para-hydroxylation sites is 1. The fourth-order valence-electron chi connectivity index (χ4n) is 2.89. The third kappa shape index (κ3) is 4.87. The van der Waals surface area contributed by atoms with Gasteiger partial charge in [0.15, 0.2) is 10.8 Å². The number of halogens is 1. The molecule has 0 aliphatic rings. The molecule has 166 valence electrons. The maximum atomic E-state index is 12.9. The molecule has 0 aliphatic heterocycles. The first-order valence-corrected chi connectivity index (χ1v) is 11.1. The van der Waals surface area contributed by atoms with Gasteiger partial charge in [0.25, 0.3) is 5.91 Å². The maximum Gasteiger partial charge on any atom is 0.269 e. The Morgan fingerprint density at radius 3 is 2.75 bits per heavy atom. The smallest absolute Gasteiger partial charge is 0.269 e. The van der Waals surface area contributed by atoms with Crippen LogP contribution in [0.1, 0.15) is 18.7 Å². The van der Waals surface area contributed by atoms with Crippen molar-refractivity contribution >= 4 is 45.0 Å². The molecule has 3 aromatic heterocycles. The van der Waals surface area contributed by atoms with Crippen molar-refractivity contribution in [2.75, 3.05) is 11.9 Å². The Balaban J connectivity index is 1.63. The number of carbonyl (C=O) groups excluding carboxylic acids is 1. The summed E-state index contributed by atoms with van der Waals surface area (Å²) in [5.74, 6) is -0.165. The first-order valence-electron chi connectivity index (χ1n) is 9.87. The third-order valence-corrected chi connectivity index (χ3v) is 5.54. The van der Waals surface area contributed by atoms with Crippen LogP contribution in [0.5, 0.6) is 5.88 Å².